The van der Waals surface area contributed by atoms with Gasteiger partial charge in [0.25, 0.3) is 0 Å². The van der Waals surface area contributed by atoms with E-state index in [9.17, 15) is 13.2 Å². The number of rotatable bonds is 6. The highest BCUT2D eigenvalue weighted by Gasteiger charge is 2.17. The van der Waals surface area contributed by atoms with Gasteiger partial charge >= 0.3 is 0 Å². The SMILES string of the molecule is Cc1cccc(NC(=O)CCNS(=O)(=O)c2ccc3c(c2)CCCC3)c1. The molecule has 1 aliphatic rings. The normalized spacial score (nSPS) is 13.9. The Balaban J connectivity index is 1.56. The van der Waals surface area contributed by atoms with Gasteiger partial charge in [0, 0.05) is 18.7 Å². The van der Waals surface area contributed by atoms with Crippen molar-refractivity contribution < 1.29 is 13.2 Å². The summed E-state index contributed by atoms with van der Waals surface area (Å²) in [6.07, 6.45) is 4.29. The number of nitrogens with one attached hydrogen (secondary N) is 2. The molecule has 2 aromatic rings. The maximum absolute atomic E-state index is 12.5. The van der Waals surface area contributed by atoms with Crippen molar-refractivity contribution in [3.8, 4) is 0 Å². The highest BCUT2D eigenvalue weighted by Crippen LogP contribution is 2.24. The minimum atomic E-state index is -3.60. The first kappa shape index (κ1) is 18.6. The van der Waals surface area contributed by atoms with E-state index in [1.807, 2.05) is 37.3 Å². The molecule has 0 bridgehead atoms. The fraction of sp³-hybridized carbons (Fsp3) is 0.350. The Labute approximate surface area is 154 Å². The summed E-state index contributed by atoms with van der Waals surface area (Å²) in [5.74, 6) is -0.219. The maximum atomic E-state index is 12.5. The minimum absolute atomic E-state index is 0.0665. The molecule has 6 heteroatoms. The number of fused-ring (bicyclic) bond motifs is 1. The Kier molecular flexibility index (Phi) is 5.74. The Bertz CT molecular complexity index is 907. The molecule has 2 N–H and O–H groups in total. The molecule has 0 fully saturated rings. The van der Waals surface area contributed by atoms with Gasteiger partial charge in [0.05, 0.1) is 4.90 Å². The van der Waals surface area contributed by atoms with Gasteiger partial charge in [-0.15, -0.1) is 0 Å². The molecule has 0 radical (unpaired) electrons. The lowest BCUT2D eigenvalue weighted by atomic mass is 9.92. The molecule has 0 aromatic heterocycles. The van der Waals surface area contributed by atoms with Gasteiger partial charge in [-0.05, 0) is 73.6 Å². The van der Waals surface area contributed by atoms with E-state index in [1.54, 1.807) is 12.1 Å². The van der Waals surface area contributed by atoms with Gasteiger partial charge < -0.3 is 5.32 Å². The molecule has 26 heavy (non-hydrogen) atoms. The van der Waals surface area contributed by atoms with Crippen LogP contribution in [0.15, 0.2) is 47.4 Å². The van der Waals surface area contributed by atoms with E-state index >= 15 is 0 Å². The van der Waals surface area contributed by atoms with Crippen LogP contribution in [0.2, 0.25) is 0 Å². The van der Waals surface area contributed by atoms with E-state index in [2.05, 4.69) is 10.0 Å². The predicted octanol–water partition coefficient (Wildman–Crippen LogP) is 3.18. The van der Waals surface area contributed by atoms with Gasteiger partial charge in [-0.1, -0.05) is 18.2 Å². The second kappa shape index (κ2) is 8.01. The monoisotopic (exact) mass is 372 g/mol. The summed E-state index contributed by atoms with van der Waals surface area (Å²) in [5, 5.41) is 2.78. The van der Waals surface area contributed by atoms with Crippen molar-refractivity contribution in [2.75, 3.05) is 11.9 Å². The van der Waals surface area contributed by atoms with Crippen molar-refractivity contribution in [1.82, 2.24) is 4.72 Å². The largest absolute Gasteiger partial charge is 0.326 e. The molecule has 3 rings (SSSR count). The molecule has 0 heterocycles. The van der Waals surface area contributed by atoms with Crippen LogP contribution >= 0.6 is 0 Å². The summed E-state index contributed by atoms with van der Waals surface area (Å²) in [7, 11) is -3.60. The van der Waals surface area contributed by atoms with Crippen LogP contribution < -0.4 is 10.0 Å². The molecular weight excluding hydrogens is 348 g/mol. The van der Waals surface area contributed by atoms with Gasteiger partial charge in [0.1, 0.15) is 0 Å². The van der Waals surface area contributed by atoms with Gasteiger partial charge in [-0.25, -0.2) is 13.1 Å². The van der Waals surface area contributed by atoms with E-state index in [1.165, 1.54) is 5.56 Å². The molecule has 138 valence electrons. The van der Waals surface area contributed by atoms with Crippen molar-refractivity contribution in [1.29, 1.82) is 0 Å². The second-order valence-electron chi connectivity index (χ2n) is 6.70. The molecule has 0 atom stereocenters. The molecule has 5 nitrogen and oxygen atoms in total. The summed E-state index contributed by atoms with van der Waals surface area (Å²) >= 11 is 0. The first-order valence-corrected chi connectivity index (χ1v) is 10.4. The predicted molar refractivity (Wildman–Crippen MR) is 103 cm³/mol. The Hall–Kier alpha value is -2.18. The molecule has 0 unspecified atom stereocenters. The van der Waals surface area contributed by atoms with Crippen molar-refractivity contribution in [3.05, 3.63) is 59.2 Å². The summed E-state index contributed by atoms with van der Waals surface area (Å²) < 4.78 is 27.4. The van der Waals surface area contributed by atoms with Crippen molar-refractivity contribution in [2.24, 2.45) is 0 Å². The molecule has 0 spiro atoms. The fourth-order valence-electron chi connectivity index (χ4n) is 3.21. The highest BCUT2D eigenvalue weighted by molar-refractivity contribution is 7.89. The number of anilines is 1. The van der Waals surface area contributed by atoms with Crippen LogP contribution in [0, 0.1) is 6.92 Å². The van der Waals surface area contributed by atoms with Gasteiger partial charge in [0.15, 0.2) is 0 Å². The van der Waals surface area contributed by atoms with Crippen LogP contribution in [0.1, 0.15) is 36.0 Å². The molecule has 0 saturated carbocycles. The summed E-state index contributed by atoms with van der Waals surface area (Å²) in [5.41, 5.74) is 4.13. The highest BCUT2D eigenvalue weighted by atomic mass is 32.2. The quantitative estimate of drug-likeness (QED) is 0.818. The second-order valence-corrected chi connectivity index (χ2v) is 8.47. The molecule has 1 aliphatic carbocycles. The zero-order valence-electron chi connectivity index (χ0n) is 14.9. The number of sulfonamides is 1. The molecular formula is C20H24N2O3S. The lowest BCUT2D eigenvalue weighted by Crippen LogP contribution is -2.28. The van der Waals surface area contributed by atoms with Crippen LogP contribution in [0.4, 0.5) is 5.69 Å². The van der Waals surface area contributed by atoms with E-state index in [-0.39, 0.29) is 23.8 Å². The average molecular weight is 372 g/mol. The zero-order chi connectivity index (χ0) is 18.6. The van der Waals surface area contributed by atoms with Crippen LogP contribution in [0.3, 0.4) is 0 Å². The Morgan fingerprint density at radius 1 is 1.04 bits per heavy atom. The van der Waals surface area contributed by atoms with Gasteiger partial charge in [0.2, 0.25) is 15.9 Å². The van der Waals surface area contributed by atoms with E-state index in [4.69, 9.17) is 0 Å². The first-order chi connectivity index (χ1) is 12.4. The lowest BCUT2D eigenvalue weighted by molar-refractivity contribution is -0.116. The summed E-state index contributed by atoms with van der Waals surface area (Å²) in [6, 6.07) is 12.8. The third-order valence-electron chi connectivity index (χ3n) is 4.58. The smallest absolute Gasteiger partial charge is 0.240 e. The average Bonchev–Trinajstić information content (AvgIpc) is 2.61. The van der Waals surface area contributed by atoms with Crippen molar-refractivity contribution in [2.45, 2.75) is 43.9 Å². The van der Waals surface area contributed by atoms with Crippen LogP contribution in [-0.4, -0.2) is 20.9 Å². The summed E-state index contributed by atoms with van der Waals surface area (Å²) in [6.45, 7) is 2.01. The minimum Gasteiger partial charge on any atom is -0.326 e. The first-order valence-electron chi connectivity index (χ1n) is 8.92. The lowest BCUT2D eigenvalue weighted by Gasteiger charge is -2.16. The number of hydrogen-bond donors (Lipinski definition) is 2. The molecule has 1 amide bonds. The number of benzene rings is 2. The standard InChI is InChI=1S/C20H24N2O3S/c1-15-5-4-8-18(13-15)22-20(23)11-12-21-26(24,25)19-10-9-16-6-2-3-7-17(16)14-19/h4-5,8-10,13-14,21H,2-3,6-7,11-12H2,1H3,(H,22,23). The fourth-order valence-corrected chi connectivity index (χ4v) is 4.29. The number of carbonyl (C=O) groups excluding carboxylic acids is 1. The third kappa shape index (κ3) is 4.71. The van der Waals surface area contributed by atoms with Gasteiger partial charge in [-0.2, -0.15) is 0 Å². The number of aryl methyl sites for hydroxylation is 3. The molecule has 0 saturated heterocycles. The Morgan fingerprint density at radius 2 is 1.81 bits per heavy atom. The van der Waals surface area contributed by atoms with Crippen molar-refractivity contribution in [3.63, 3.8) is 0 Å². The molecule has 2 aromatic carbocycles. The van der Waals surface area contributed by atoms with Crippen LogP contribution in [-0.2, 0) is 27.7 Å². The Morgan fingerprint density at radius 3 is 2.58 bits per heavy atom. The number of carbonyl (C=O) groups is 1. The summed E-state index contributed by atoms with van der Waals surface area (Å²) in [4.78, 5) is 12.3. The van der Waals surface area contributed by atoms with E-state index in [0.29, 0.717) is 5.69 Å². The van der Waals surface area contributed by atoms with Crippen LogP contribution in [0.5, 0.6) is 0 Å². The molecule has 0 aliphatic heterocycles. The number of amides is 1. The number of hydrogen-bond acceptors (Lipinski definition) is 3. The van der Waals surface area contributed by atoms with Crippen LogP contribution in [0.25, 0.3) is 0 Å². The maximum Gasteiger partial charge on any atom is 0.240 e. The van der Waals surface area contributed by atoms with Crippen molar-refractivity contribution >= 4 is 21.6 Å². The third-order valence-corrected chi connectivity index (χ3v) is 6.03. The topological polar surface area (TPSA) is 75.3 Å². The van der Waals surface area contributed by atoms with E-state index in [0.717, 1.165) is 36.8 Å². The van der Waals surface area contributed by atoms with E-state index < -0.39 is 10.0 Å². The van der Waals surface area contributed by atoms with Gasteiger partial charge in [-0.3, -0.25) is 4.79 Å². The zero-order valence-corrected chi connectivity index (χ0v) is 15.7.